The van der Waals surface area contributed by atoms with Gasteiger partial charge < -0.3 is 5.32 Å². The Balaban J connectivity index is 2.15. The second-order valence-corrected chi connectivity index (χ2v) is 9.11. The molecule has 1 aliphatic heterocycles. The fraction of sp³-hybridized carbons (Fsp3) is 0.882. The lowest BCUT2D eigenvalue weighted by Gasteiger charge is -2.42. The van der Waals surface area contributed by atoms with Gasteiger partial charge >= 0.3 is 0 Å². The summed E-state index contributed by atoms with van der Waals surface area (Å²) < 4.78 is 0. The highest BCUT2D eigenvalue weighted by Gasteiger charge is 2.42. The molecule has 0 aromatic heterocycles. The summed E-state index contributed by atoms with van der Waals surface area (Å²) in [6.45, 7) is 13.6. The van der Waals surface area contributed by atoms with Crippen molar-refractivity contribution < 1.29 is 10.1 Å². The summed E-state index contributed by atoms with van der Waals surface area (Å²) in [7, 11) is 0. The fourth-order valence-electron chi connectivity index (χ4n) is 4.40. The third-order valence-electron chi connectivity index (χ3n) is 4.43. The number of carbonyl (C=O) groups is 1. The molecular weight excluding hydrogens is 248 g/mol. The average Bonchev–Trinajstić information content (AvgIpc) is 2.06. The number of hydrogen-bond acceptors (Lipinski definition) is 2. The van der Waals surface area contributed by atoms with Crippen molar-refractivity contribution in [2.24, 2.45) is 10.4 Å². The molecule has 3 nitrogen and oxygen atoms in total. The molecule has 0 aromatic carbocycles. The Labute approximate surface area is 123 Å². The Morgan fingerprint density at radius 1 is 1.00 bits per heavy atom. The van der Waals surface area contributed by atoms with E-state index in [9.17, 15) is 4.79 Å². The SMILES string of the molecule is CC1(C)CC(=O)CC(=NC2CC(C)(C)[NH2+]C(C)(C)C2)C1. The van der Waals surface area contributed by atoms with Crippen molar-refractivity contribution in [2.75, 3.05) is 0 Å². The standard InChI is InChI=1S/C17H30N2O/c1-15(2)8-12(7-14(20)11-15)18-13-9-16(3,4)19-17(5,6)10-13/h13,19H,7-11H2,1-6H3/p+1. The maximum atomic E-state index is 11.9. The number of piperidine rings is 1. The monoisotopic (exact) mass is 279 g/mol. The predicted molar refractivity (Wildman–Crippen MR) is 83.2 cm³/mol. The van der Waals surface area contributed by atoms with Crippen LogP contribution in [0.2, 0.25) is 0 Å². The lowest BCUT2D eigenvalue weighted by Crippen LogP contribution is -3.05. The number of rotatable bonds is 1. The van der Waals surface area contributed by atoms with Crippen LogP contribution in [-0.4, -0.2) is 28.6 Å². The first-order chi connectivity index (χ1) is 8.96. The molecule has 1 heterocycles. The summed E-state index contributed by atoms with van der Waals surface area (Å²) in [6, 6.07) is 0.377. The van der Waals surface area contributed by atoms with Crippen molar-refractivity contribution in [2.45, 2.75) is 90.8 Å². The molecule has 0 spiro atoms. The second kappa shape index (κ2) is 4.94. The minimum atomic E-state index is 0.0972. The van der Waals surface area contributed by atoms with Crippen LogP contribution in [-0.2, 0) is 4.79 Å². The number of quaternary nitrogens is 1. The zero-order chi connectivity index (χ0) is 15.2. The predicted octanol–water partition coefficient (Wildman–Crippen LogP) is 2.49. The summed E-state index contributed by atoms with van der Waals surface area (Å²) in [5.74, 6) is 0.362. The Morgan fingerprint density at radius 3 is 2.05 bits per heavy atom. The molecule has 0 unspecified atom stereocenters. The lowest BCUT2D eigenvalue weighted by atomic mass is 9.75. The van der Waals surface area contributed by atoms with E-state index >= 15 is 0 Å². The average molecular weight is 279 g/mol. The van der Waals surface area contributed by atoms with Gasteiger partial charge in [0, 0.05) is 31.4 Å². The molecule has 20 heavy (non-hydrogen) atoms. The molecule has 0 aromatic rings. The van der Waals surface area contributed by atoms with Crippen molar-refractivity contribution in [1.82, 2.24) is 0 Å². The molecule has 0 radical (unpaired) electrons. The number of carbonyl (C=O) groups excluding carboxylic acids is 1. The van der Waals surface area contributed by atoms with Crippen molar-refractivity contribution in [3.63, 3.8) is 0 Å². The number of nitrogens with zero attached hydrogens (tertiary/aromatic N) is 1. The van der Waals surface area contributed by atoms with Crippen LogP contribution in [0.1, 0.15) is 73.6 Å². The molecule has 2 fully saturated rings. The van der Waals surface area contributed by atoms with Gasteiger partial charge in [-0.15, -0.1) is 0 Å². The molecule has 0 atom stereocenters. The summed E-state index contributed by atoms with van der Waals surface area (Å²) in [5.41, 5.74) is 1.72. The van der Waals surface area contributed by atoms with E-state index in [0.717, 1.165) is 25.0 Å². The maximum absolute atomic E-state index is 11.9. The van der Waals surface area contributed by atoms with Crippen molar-refractivity contribution in [1.29, 1.82) is 0 Å². The second-order valence-electron chi connectivity index (χ2n) is 9.11. The van der Waals surface area contributed by atoms with Gasteiger partial charge in [0.1, 0.15) is 5.78 Å². The molecule has 1 saturated heterocycles. The molecule has 1 aliphatic carbocycles. The van der Waals surface area contributed by atoms with Gasteiger partial charge in [-0.2, -0.15) is 0 Å². The maximum Gasteiger partial charge on any atom is 0.139 e. The molecule has 0 bridgehead atoms. The van der Waals surface area contributed by atoms with Gasteiger partial charge in [-0.3, -0.25) is 9.79 Å². The summed E-state index contributed by atoms with van der Waals surface area (Å²) in [4.78, 5) is 16.9. The lowest BCUT2D eigenvalue weighted by molar-refractivity contribution is -0.787. The zero-order valence-corrected chi connectivity index (χ0v) is 14.0. The largest absolute Gasteiger partial charge is 0.337 e. The van der Waals surface area contributed by atoms with Crippen molar-refractivity contribution >= 4 is 11.5 Å². The van der Waals surface area contributed by atoms with Crippen LogP contribution in [0.5, 0.6) is 0 Å². The smallest absolute Gasteiger partial charge is 0.139 e. The summed E-state index contributed by atoms with van der Waals surface area (Å²) >= 11 is 0. The minimum absolute atomic E-state index is 0.0972. The number of Topliss-reactive ketones (excluding diaryl/α,β-unsaturated/α-hetero) is 1. The summed E-state index contributed by atoms with van der Waals surface area (Å²) in [6.07, 6.45) is 4.49. The molecule has 3 heteroatoms. The highest BCUT2D eigenvalue weighted by molar-refractivity contribution is 6.04. The van der Waals surface area contributed by atoms with Crippen molar-refractivity contribution in [3.8, 4) is 0 Å². The third-order valence-corrected chi connectivity index (χ3v) is 4.43. The number of nitrogens with two attached hydrogens (primary N) is 1. The molecule has 1 saturated carbocycles. The van der Waals surface area contributed by atoms with E-state index in [1.165, 1.54) is 0 Å². The normalized spacial score (nSPS) is 31.5. The van der Waals surface area contributed by atoms with Gasteiger partial charge in [-0.1, -0.05) is 13.8 Å². The minimum Gasteiger partial charge on any atom is -0.337 e. The Morgan fingerprint density at radius 2 is 1.55 bits per heavy atom. The van der Waals surface area contributed by atoms with Gasteiger partial charge in [0.05, 0.1) is 17.1 Å². The highest BCUT2D eigenvalue weighted by atomic mass is 16.1. The van der Waals surface area contributed by atoms with Gasteiger partial charge in [0.25, 0.3) is 0 Å². The van der Waals surface area contributed by atoms with Gasteiger partial charge in [0.15, 0.2) is 0 Å². The van der Waals surface area contributed by atoms with Gasteiger partial charge in [-0.05, 0) is 39.5 Å². The van der Waals surface area contributed by atoms with E-state index in [2.05, 4.69) is 46.9 Å². The number of aliphatic imine (C=N–C) groups is 1. The van der Waals surface area contributed by atoms with E-state index in [1.807, 2.05) is 0 Å². The highest BCUT2D eigenvalue weighted by Crippen LogP contribution is 2.33. The number of ketones is 1. The fourth-order valence-corrected chi connectivity index (χ4v) is 4.40. The van der Waals surface area contributed by atoms with Crippen LogP contribution in [0.25, 0.3) is 0 Å². The van der Waals surface area contributed by atoms with Gasteiger partial charge in [-0.25, -0.2) is 0 Å². The quantitative estimate of drug-likeness (QED) is 0.787. The van der Waals surface area contributed by atoms with Crippen LogP contribution >= 0.6 is 0 Å². The topological polar surface area (TPSA) is 46.0 Å². The molecule has 114 valence electrons. The van der Waals surface area contributed by atoms with E-state index in [-0.39, 0.29) is 16.5 Å². The van der Waals surface area contributed by atoms with E-state index in [1.54, 1.807) is 0 Å². The van der Waals surface area contributed by atoms with Crippen LogP contribution in [0.4, 0.5) is 0 Å². The first kappa shape index (κ1) is 15.7. The van der Waals surface area contributed by atoms with Crippen LogP contribution in [0, 0.1) is 5.41 Å². The van der Waals surface area contributed by atoms with Crippen LogP contribution in [0.15, 0.2) is 4.99 Å². The molecule has 0 amide bonds. The van der Waals surface area contributed by atoms with Gasteiger partial charge in [0.2, 0.25) is 0 Å². The van der Waals surface area contributed by atoms with E-state index < -0.39 is 0 Å². The summed E-state index contributed by atoms with van der Waals surface area (Å²) in [5, 5.41) is 2.48. The molecule has 2 N–H and O–H groups in total. The Hall–Kier alpha value is -0.700. The van der Waals surface area contributed by atoms with Crippen LogP contribution < -0.4 is 5.32 Å². The Bertz CT molecular complexity index is 416. The van der Waals surface area contributed by atoms with E-state index in [0.29, 0.717) is 24.7 Å². The first-order valence-electron chi connectivity index (χ1n) is 7.91. The molecule has 2 rings (SSSR count). The molecule has 2 aliphatic rings. The number of hydrogen-bond donors (Lipinski definition) is 1. The zero-order valence-electron chi connectivity index (χ0n) is 14.0. The third kappa shape index (κ3) is 4.15. The first-order valence-corrected chi connectivity index (χ1v) is 7.91. The van der Waals surface area contributed by atoms with Crippen molar-refractivity contribution in [3.05, 3.63) is 0 Å². The van der Waals surface area contributed by atoms with E-state index in [4.69, 9.17) is 4.99 Å². The Kier molecular flexibility index (Phi) is 3.87. The van der Waals surface area contributed by atoms with Crippen LogP contribution in [0.3, 0.4) is 0 Å². The molecular formula is C17H31N2O+.